The van der Waals surface area contributed by atoms with Gasteiger partial charge in [-0.05, 0) is 24.0 Å². The van der Waals surface area contributed by atoms with Crippen LogP contribution in [0.25, 0.3) is 0 Å². The van der Waals surface area contributed by atoms with Crippen LogP contribution in [0, 0.1) is 0 Å². The highest BCUT2D eigenvalue weighted by Gasteiger charge is 2.49. The van der Waals surface area contributed by atoms with Crippen molar-refractivity contribution in [3.05, 3.63) is 35.4 Å². The number of halogens is 3. The third-order valence-electron chi connectivity index (χ3n) is 3.01. The summed E-state index contributed by atoms with van der Waals surface area (Å²) < 4.78 is 60.5. The Morgan fingerprint density at radius 1 is 1.00 bits per heavy atom. The van der Waals surface area contributed by atoms with Gasteiger partial charge in [0.05, 0.1) is 0 Å². The van der Waals surface area contributed by atoms with E-state index in [1.54, 1.807) is 12.1 Å². The van der Waals surface area contributed by atoms with Crippen molar-refractivity contribution in [2.24, 2.45) is 0 Å². The van der Waals surface area contributed by atoms with Gasteiger partial charge in [0.15, 0.2) is 0 Å². The van der Waals surface area contributed by atoms with Crippen molar-refractivity contribution in [2.75, 3.05) is 13.1 Å². The molecule has 0 bridgehead atoms. The normalized spacial score (nSPS) is 18.2. The molecule has 0 atom stereocenters. The molecule has 1 aromatic rings. The average molecular weight is 279 g/mol. The molecule has 1 heterocycles. The van der Waals surface area contributed by atoms with Gasteiger partial charge in [0.2, 0.25) is 0 Å². The Bertz CT molecular complexity index is 512. The summed E-state index contributed by atoms with van der Waals surface area (Å²) in [5.74, 6) is 0. The number of hydrogen-bond acceptors (Lipinski definition) is 2. The average Bonchev–Trinajstić information content (AvgIpc) is 2.49. The minimum absolute atomic E-state index is 0.126. The highest BCUT2D eigenvalue weighted by atomic mass is 32.2. The second kappa shape index (κ2) is 4.55. The molecule has 0 aromatic heterocycles. The fraction of sp³-hybridized carbons (Fsp3) is 0.455. The second-order valence-electron chi connectivity index (χ2n) is 4.12. The van der Waals surface area contributed by atoms with E-state index in [1.165, 1.54) is 0 Å². The maximum absolute atomic E-state index is 12.4. The highest BCUT2D eigenvalue weighted by Crippen LogP contribution is 2.28. The molecule has 0 radical (unpaired) electrons. The standard InChI is InChI=1S/C11H12F3NO2S/c12-11(13,14)18(16,17)15-7-5-9-3-1-2-4-10(9)6-8-15/h1-4H,5-8H2. The molecule has 3 nitrogen and oxygen atoms in total. The van der Waals surface area contributed by atoms with Gasteiger partial charge in [0, 0.05) is 13.1 Å². The van der Waals surface area contributed by atoms with Gasteiger partial charge in [-0.3, -0.25) is 0 Å². The lowest BCUT2D eigenvalue weighted by Crippen LogP contribution is -2.42. The Labute approximate surface area is 103 Å². The summed E-state index contributed by atoms with van der Waals surface area (Å²) in [7, 11) is -5.21. The molecule has 100 valence electrons. The molecule has 0 spiro atoms. The number of alkyl halides is 3. The van der Waals surface area contributed by atoms with Gasteiger partial charge >= 0.3 is 15.5 Å². The van der Waals surface area contributed by atoms with Crippen molar-refractivity contribution in [2.45, 2.75) is 18.3 Å². The van der Waals surface area contributed by atoms with E-state index in [0.29, 0.717) is 17.1 Å². The van der Waals surface area contributed by atoms with E-state index in [9.17, 15) is 21.6 Å². The van der Waals surface area contributed by atoms with Crippen LogP contribution in [-0.4, -0.2) is 31.3 Å². The van der Waals surface area contributed by atoms with Crippen LogP contribution in [0.4, 0.5) is 13.2 Å². The topological polar surface area (TPSA) is 37.4 Å². The van der Waals surface area contributed by atoms with Crippen molar-refractivity contribution >= 4 is 10.0 Å². The van der Waals surface area contributed by atoms with Crippen LogP contribution < -0.4 is 0 Å². The van der Waals surface area contributed by atoms with Gasteiger partial charge in [0.25, 0.3) is 0 Å². The molecule has 0 unspecified atom stereocenters. The third-order valence-corrected chi connectivity index (χ3v) is 4.64. The molecule has 0 saturated heterocycles. The first-order chi connectivity index (χ1) is 8.32. The van der Waals surface area contributed by atoms with E-state index in [4.69, 9.17) is 0 Å². The molecule has 2 rings (SSSR count). The first-order valence-corrected chi connectivity index (χ1v) is 6.89. The second-order valence-corrected chi connectivity index (χ2v) is 6.05. The largest absolute Gasteiger partial charge is 0.511 e. The summed E-state index contributed by atoms with van der Waals surface area (Å²) in [5, 5.41) is 0. The number of benzene rings is 1. The summed E-state index contributed by atoms with van der Waals surface area (Å²) in [4.78, 5) is 0. The van der Waals surface area contributed by atoms with E-state index >= 15 is 0 Å². The molecule has 0 aliphatic carbocycles. The van der Waals surface area contributed by atoms with Crippen molar-refractivity contribution < 1.29 is 21.6 Å². The Hall–Kier alpha value is -1.08. The van der Waals surface area contributed by atoms with Crippen LogP contribution in [0.15, 0.2) is 24.3 Å². The van der Waals surface area contributed by atoms with Crippen molar-refractivity contribution in [3.63, 3.8) is 0 Å². The lowest BCUT2D eigenvalue weighted by atomic mass is 10.0. The summed E-state index contributed by atoms with van der Waals surface area (Å²) in [6, 6.07) is 7.23. The maximum Gasteiger partial charge on any atom is 0.511 e. The first-order valence-electron chi connectivity index (χ1n) is 5.45. The predicted molar refractivity (Wildman–Crippen MR) is 60.4 cm³/mol. The molecular weight excluding hydrogens is 267 g/mol. The summed E-state index contributed by atoms with van der Waals surface area (Å²) >= 11 is 0. The molecule has 7 heteroatoms. The smallest absolute Gasteiger partial charge is 0.203 e. The summed E-state index contributed by atoms with van der Waals surface area (Å²) in [6.07, 6.45) is 0.622. The fourth-order valence-electron chi connectivity index (χ4n) is 2.03. The fourth-order valence-corrected chi connectivity index (χ4v) is 2.99. The molecule has 0 N–H and O–H groups in total. The predicted octanol–water partition coefficient (Wildman–Crippen LogP) is 1.94. The first kappa shape index (κ1) is 13.4. The monoisotopic (exact) mass is 279 g/mol. The molecule has 18 heavy (non-hydrogen) atoms. The minimum atomic E-state index is -5.22. The SMILES string of the molecule is O=S(=O)(N1CCc2ccccc2CC1)C(F)(F)F. The summed E-state index contributed by atoms with van der Waals surface area (Å²) in [6.45, 7) is -0.252. The Balaban J connectivity index is 2.24. The molecule has 1 aliphatic heterocycles. The van der Waals surface area contributed by atoms with Crippen LogP contribution in [0.1, 0.15) is 11.1 Å². The van der Waals surface area contributed by atoms with Crippen LogP contribution in [0.3, 0.4) is 0 Å². The molecule has 0 saturated carbocycles. The van der Waals surface area contributed by atoms with Gasteiger partial charge in [0.1, 0.15) is 0 Å². The number of nitrogens with zero attached hydrogens (tertiary/aromatic N) is 1. The minimum Gasteiger partial charge on any atom is -0.203 e. The van der Waals surface area contributed by atoms with E-state index in [1.807, 2.05) is 12.1 Å². The van der Waals surface area contributed by atoms with Gasteiger partial charge in [-0.2, -0.15) is 17.5 Å². The molecule has 1 aliphatic rings. The Morgan fingerprint density at radius 2 is 1.44 bits per heavy atom. The van der Waals surface area contributed by atoms with E-state index in [-0.39, 0.29) is 13.1 Å². The lowest BCUT2D eigenvalue weighted by molar-refractivity contribution is -0.0488. The van der Waals surface area contributed by atoms with Crippen LogP contribution in [0.5, 0.6) is 0 Å². The van der Waals surface area contributed by atoms with Gasteiger partial charge < -0.3 is 0 Å². The van der Waals surface area contributed by atoms with Gasteiger partial charge in [-0.15, -0.1) is 0 Å². The molecular formula is C11H12F3NO2S. The van der Waals surface area contributed by atoms with E-state index in [2.05, 4.69) is 0 Å². The van der Waals surface area contributed by atoms with Crippen molar-refractivity contribution in [1.82, 2.24) is 4.31 Å². The molecule has 0 fully saturated rings. The molecule has 0 amide bonds. The summed E-state index contributed by atoms with van der Waals surface area (Å²) in [5.41, 5.74) is -3.39. The Morgan fingerprint density at radius 3 is 1.83 bits per heavy atom. The number of hydrogen-bond donors (Lipinski definition) is 0. The van der Waals surface area contributed by atoms with Crippen LogP contribution in [0.2, 0.25) is 0 Å². The number of fused-ring (bicyclic) bond motifs is 1. The number of rotatable bonds is 1. The van der Waals surface area contributed by atoms with E-state index in [0.717, 1.165) is 11.1 Å². The quantitative estimate of drug-likeness (QED) is 0.788. The number of sulfonamides is 1. The Kier molecular flexibility index (Phi) is 3.37. The zero-order valence-corrected chi connectivity index (χ0v) is 10.3. The highest BCUT2D eigenvalue weighted by molar-refractivity contribution is 7.90. The third kappa shape index (κ3) is 2.37. The van der Waals surface area contributed by atoms with Crippen molar-refractivity contribution in [1.29, 1.82) is 0 Å². The van der Waals surface area contributed by atoms with Gasteiger partial charge in [-0.25, -0.2) is 8.42 Å². The zero-order chi connectivity index (χ0) is 13.4. The lowest BCUT2D eigenvalue weighted by Gasteiger charge is -2.20. The van der Waals surface area contributed by atoms with Crippen molar-refractivity contribution in [3.8, 4) is 0 Å². The molecule has 1 aromatic carbocycles. The van der Waals surface area contributed by atoms with Crippen LogP contribution >= 0.6 is 0 Å². The zero-order valence-electron chi connectivity index (χ0n) is 9.44. The van der Waals surface area contributed by atoms with Gasteiger partial charge in [-0.1, -0.05) is 24.3 Å². The maximum atomic E-state index is 12.4. The van der Waals surface area contributed by atoms with E-state index < -0.39 is 15.5 Å². The van der Waals surface area contributed by atoms with Crippen LogP contribution in [-0.2, 0) is 22.9 Å².